The van der Waals surface area contributed by atoms with Gasteiger partial charge in [0.25, 0.3) is 0 Å². The summed E-state index contributed by atoms with van der Waals surface area (Å²) >= 11 is 0. The zero-order valence-corrected chi connectivity index (χ0v) is 73.3. The van der Waals surface area contributed by atoms with Crippen LogP contribution >= 0.6 is 15.6 Å². The van der Waals surface area contributed by atoms with Crippen LogP contribution in [-0.2, 0) is 65.4 Å². The van der Waals surface area contributed by atoms with Crippen LogP contribution in [0.25, 0.3) is 0 Å². The van der Waals surface area contributed by atoms with Crippen LogP contribution in [0.4, 0.5) is 0 Å². The number of phosphoric acid groups is 2. The SMILES string of the molecule is CCC(C)CCCCCCCCCCCCCCCCCCCCC(=O)O[C@H](COC(=O)CCCCCCCCCCCCCCCCCC(C)C)COP(=O)(O)OCC(O)COP(=O)(O)OC[C@@H](COC(=O)CCCCCCCCC(C)C)OC(=O)CCCCCCCCCCCCCCCCCCC(C)C. The lowest BCUT2D eigenvalue weighted by Gasteiger charge is -2.21. The van der Waals surface area contributed by atoms with Crippen LogP contribution in [0.5, 0.6) is 0 Å². The molecule has 19 heteroatoms. The van der Waals surface area contributed by atoms with Gasteiger partial charge in [0.15, 0.2) is 12.2 Å². The molecule has 0 saturated heterocycles. The molecule has 108 heavy (non-hydrogen) atoms. The highest BCUT2D eigenvalue weighted by molar-refractivity contribution is 7.47. The summed E-state index contributed by atoms with van der Waals surface area (Å²) in [4.78, 5) is 73.3. The number of phosphoric ester groups is 2. The maximum Gasteiger partial charge on any atom is 0.472 e. The number of hydrogen-bond acceptors (Lipinski definition) is 15. The topological polar surface area (TPSA) is 237 Å². The molecule has 0 rings (SSSR count). The van der Waals surface area contributed by atoms with Gasteiger partial charge in [-0.25, -0.2) is 9.13 Å². The first kappa shape index (κ1) is 106. The molecule has 3 N–H and O–H groups in total. The molecule has 0 fully saturated rings. The van der Waals surface area contributed by atoms with Crippen LogP contribution in [0.15, 0.2) is 0 Å². The third-order valence-electron chi connectivity index (χ3n) is 21.2. The standard InChI is InChI=1S/C89H174O17P2/c1-9-82(8)68-60-52-43-37-31-25-19-12-10-11-13-20-27-33-39-45-55-63-71-88(93)105-84(75-99-86(91)69-61-53-44-38-32-26-22-16-18-24-30-36-42-50-58-66-80(4)5)77-103-107(95,96)101-73-83(90)74-102-108(97,98)104-78-85(76-100-87(92)70-62-54-48-47-51-59-67-81(6)7)106-89(94)72-64-56-46-40-34-28-21-15-14-17-23-29-35-41-49-57-65-79(2)3/h79-85,90H,9-78H2,1-8H3,(H,95,96)(H,97,98)/t82?,83?,84-,85-/m1/s1. The number of aliphatic hydroxyl groups is 1. The van der Waals surface area contributed by atoms with Crippen LogP contribution in [0.2, 0.25) is 0 Å². The molecule has 4 unspecified atom stereocenters. The number of aliphatic hydroxyl groups excluding tert-OH is 1. The van der Waals surface area contributed by atoms with E-state index in [4.69, 9.17) is 37.0 Å². The van der Waals surface area contributed by atoms with E-state index in [2.05, 4.69) is 55.4 Å². The van der Waals surface area contributed by atoms with Crippen LogP contribution in [0.1, 0.15) is 466 Å². The van der Waals surface area contributed by atoms with Gasteiger partial charge in [-0.3, -0.25) is 37.3 Å². The smallest absolute Gasteiger partial charge is 0.462 e. The molecule has 0 heterocycles. The monoisotopic (exact) mass is 1580 g/mol. The average Bonchev–Trinajstić information content (AvgIpc) is 0.900. The van der Waals surface area contributed by atoms with Crippen molar-refractivity contribution in [3.63, 3.8) is 0 Å². The highest BCUT2D eigenvalue weighted by atomic mass is 31.2. The lowest BCUT2D eigenvalue weighted by molar-refractivity contribution is -0.161. The minimum absolute atomic E-state index is 0.107. The molecule has 17 nitrogen and oxygen atoms in total. The van der Waals surface area contributed by atoms with E-state index in [-0.39, 0.29) is 25.7 Å². The first-order valence-electron chi connectivity index (χ1n) is 45.7. The van der Waals surface area contributed by atoms with E-state index in [0.717, 1.165) is 114 Å². The number of carbonyl (C=O) groups is 4. The Balaban J connectivity index is 5.20. The Labute approximate surface area is 664 Å². The van der Waals surface area contributed by atoms with Gasteiger partial charge >= 0.3 is 39.5 Å². The van der Waals surface area contributed by atoms with Crippen molar-refractivity contribution in [2.24, 2.45) is 23.7 Å². The van der Waals surface area contributed by atoms with Crippen molar-refractivity contribution in [3.05, 3.63) is 0 Å². The molecule has 0 aromatic heterocycles. The molecule has 6 atom stereocenters. The van der Waals surface area contributed by atoms with Crippen LogP contribution in [0.3, 0.4) is 0 Å². The van der Waals surface area contributed by atoms with Crippen molar-refractivity contribution in [1.29, 1.82) is 0 Å². The van der Waals surface area contributed by atoms with E-state index in [0.29, 0.717) is 31.6 Å². The molecule has 0 aliphatic heterocycles. The number of esters is 4. The third-order valence-corrected chi connectivity index (χ3v) is 23.1. The van der Waals surface area contributed by atoms with Crippen molar-refractivity contribution in [3.8, 4) is 0 Å². The van der Waals surface area contributed by atoms with Crippen molar-refractivity contribution in [1.82, 2.24) is 0 Å². The van der Waals surface area contributed by atoms with Gasteiger partial charge in [-0.1, -0.05) is 415 Å². The highest BCUT2D eigenvalue weighted by Gasteiger charge is 2.31. The first-order chi connectivity index (χ1) is 52.1. The van der Waals surface area contributed by atoms with Crippen molar-refractivity contribution in [2.45, 2.75) is 485 Å². The van der Waals surface area contributed by atoms with Crippen molar-refractivity contribution in [2.75, 3.05) is 39.6 Å². The maximum atomic E-state index is 13.2. The molecule has 0 saturated carbocycles. The molecule has 642 valence electrons. The number of rotatable bonds is 86. The highest BCUT2D eigenvalue weighted by Crippen LogP contribution is 2.45. The summed E-state index contributed by atoms with van der Waals surface area (Å²) < 4.78 is 68.9. The summed E-state index contributed by atoms with van der Waals surface area (Å²) in [7, 11) is -9.93. The van der Waals surface area contributed by atoms with E-state index in [9.17, 15) is 43.2 Å². The number of unbranched alkanes of at least 4 members (excludes halogenated alkanes) is 51. The van der Waals surface area contributed by atoms with Gasteiger partial charge in [0.1, 0.15) is 19.3 Å². The Hall–Kier alpha value is -1.94. The predicted molar refractivity (Wildman–Crippen MR) is 446 cm³/mol. The second kappa shape index (κ2) is 77.6. The second-order valence-corrected chi connectivity index (χ2v) is 36.6. The Morgan fingerprint density at radius 3 is 0.657 bits per heavy atom. The third kappa shape index (κ3) is 80.7. The zero-order chi connectivity index (χ0) is 79.5. The molecular formula is C89H174O17P2. The van der Waals surface area contributed by atoms with Gasteiger partial charge in [-0.2, -0.15) is 0 Å². The summed E-state index contributed by atoms with van der Waals surface area (Å²) in [5, 5.41) is 10.7. The quantitative estimate of drug-likeness (QED) is 0.0222. The van der Waals surface area contributed by atoms with Gasteiger partial charge in [0.05, 0.1) is 26.4 Å². The van der Waals surface area contributed by atoms with Gasteiger partial charge in [-0.05, 0) is 49.4 Å². The molecule has 0 aliphatic rings. The number of hydrogen-bond donors (Lipinski definition) is 3. The minimum atomic E-state index is -4.97. The van der Waals surface area contributed by atoms with Crippen LogP contribution < -0.4 is 0 Å². The molecule has 0 radical (unpaired) electrons. The second-order valence-electron chi connectivity index (χ2n) is 33.7. The molecule has 0 aliphatic carbocycles. The molecule has 0 aromatic carbocycles. The van der Waals surface area contributed by atoms with Gasteiger partial charge in [-0.15, -0.1) is 0 Å². The fraction of sp³-hybridized carbons (Fsp3) is 0.955. The van der Waals surface area contributed by atoms with Crippen LogP contribution in [-0.4, -0.2) is 96.7 Å². The average molecular weight is 1580 g/mol. The van der Waals surface area contributed by atoms with Crippen LogP contribution in [0, 0.1) is 23.7 Å². The Kier molecular flexibility index (Phi) is 76.2. The summed E-state index contributed by atoms with van der Waals surface area (Å²) in [6.45, 7) is 14.3. The van der Waals surface area contributed by atoms with E-state index >= 15 is 0 Å². The Bertz CT molecular complexity index is 2100. The lowest BCUT2D eigenvalue weighted by Crippen LogP contribution is -2.30. The molecule has 0 bridgehead atoms. The van der Waals surface area contributed by atoms with Crippen molar-refractivity contribution < 1.29 is 80.2 Å². The molecule has 0 spiro atoms. The van der Waals surface area contributed by atoms with Gasteiger partial charge < -0.3 is 33.8 Å². The van der Waals surface area contributed by atoms with E-state index in [1.807, 2.05) is 0 Å². The summed E-state index contributed by atoms with van der Waals surface area (Å²) in [6, 6.07) is 0. The summed E-state index contributed by atoms with van der Waals surface area (Å²) in [6.07, 6.45) is 68.3. The molecular weight excluding hydrogens is 1400 g/mol. The fourth-order valence-electron chi connectivity index (χ4n) is 13.8. The Morgan fingerprint density at radius 1 is 0.259 bits per heavy atom. The van der Waals surface area contributed by atoms with E-state index in [1.54, 1.807) is 0 Å². The van der Waals surface area contributed by atoms with E-state index < -0.39 is 97.5 Å². The summed E-state index contributed by atoms with van der Waals surface area (Å²) in [5.74, 6) is 1.06. The zero-order valence-electron chi connectivity index (χ0n) is 71.5. The van der Waals surface area contributed by atoms with Crippen molar-refractivity contribution >= 4 is 39.5 Å². The fourth-order valence-corrected chi connectivity index (χ4v) is 15.4. The van der Waals surface area contributed by atoms with Gasteiger partial charge in [0.2, 0.25) is 0 Å². The first-order valence-corrected chi connectivity index (χ1v) is 48.7. The van der Waals surface area contributed by atoms with E-state index in [1.165, 1.54) is 263 Å². The number of carbonyl (C=O) groups excluding carboxylic acids is 4. The van der Waals surface area contributed by atoms with Gasteiger partial charge in [0, 0.05) is 25.7 Å². The normalized spacial score (nSPS) is 14.1. The molecule has 0 amide bonds. The largest absolute Gasteiger partial charge is 0.472 e. The summed E-state index contributed by atoms with van der Waals surface area (Å²) in [5.41, 5.74) is 0. The molecule has 0 aromatic rings. The minimum Gasteiger partial charge on any atom is -0.462 e. The Morgan fingerprint density at radius 2 is 0.444 bits per heavy atom. The predicted octanol–water partition coefficient (Wildman–Crippen LogP) is 27.1. The number of ether oxygens (including phenoxy) is 4. The lowest BCUT2D eigenvalue weighted by atomic mass is 9.99. The maximum absolute atomic E-state index is 13.2.